The fraction of sp³-hybridized carbons (Fsp3) is 0.667. The zero-order chi connectivity index (χ0) is 23.3. The van der Waals surface area contributed by atoms with Crippen molar-refractivity contribution in [2.45, 2.75) is 64.2 Å². The summed E-state index contributed by atoms with van der Waals surface area (Å²) in [6.45, 7) is 10.8. The van der Waals surface area contributed by atoms with Gasteiger partial charge in [-0.1, -0.05) is 40.0 Å². The summed E-state index contributed by atoms with van der Waals surface area (Å²) in [7, 11) is -4.85. The Morgan fingerprint density at radius 2 is 1.20 bits per heavy atom. The first-order chi connectivity index (χ1) is 14.0. The molecule has 0 amide bonds. The van der Waals surface area contributed by atoms with Gasteiger partial charge in [0.1, 0.15) is 4.90 Å². The predicted molar refractivity (Wildman–Crippen MR) is 112 cm³/mol. The van der Waals surface area contributed by atoms with Crippen molar-refractivity contribution in [2.75, 3.05) is 19.6 Å². The average Bonchev–Trinajstić information content (AvgIpc) is 2.66. The van der Waals surface area contributed by atoms with E-state index in [1.165, 1.54) is 58.2 Å². The summed E-state index contributed by atoms with van der Waals surface area (Å²) in [5, 5.41) is 30.0. The highest BCUT2D eigenvalue weighted by atomic mass is 32.2. The highest BCUT2D eigenvalue weighted by Crippen LogP contribution is 2.37. The van der Waals surface area contributed by atoms with Crippen LogP contribution >= 0.6 is 0 Å². The van der Waals surface area contributed by atoms with Gasteiger partial charge < -0.3 is 10.0 Å². The van der Waals surface area contributed by atoms with E-state index in [0.717, 1.165) is 0 Å². The molecule has 0 aromatic heterocycles. The second-order valence-corrected chi connectivity index (χ2v) is 8.12. The lowest BCUT2D eigenvalue weighted by atomic mass is 10.2. The Balaban J connectivity index is 0.000000584. The van der Waals surface area contributed by atoms with Crippen molar-refractivity contribution >= 4 is 21.5 Å². The van der Waals surface area contributed by atoms with Gasteiger partial charge in [-0.15, -0.1) is 0 Å². The average molecular weight is 450 g/mol. The third-order valence-corrected chi connectivity index (χ3v) is 5.05. The first kappa shape index (κ1) is 27.7. The van der Waals surface area contributed by atoms with E-state index >= 15 is 0 Å². The molecule has 0 saturated carbocycles. The van der Waals surface area contributed by atoms with Gasteiger partial charge in [-0.05, 0) is 38.9 Å². The van der Waals surface area contributed by atoms with Crippen LogP contribution in [0.5, 0.6) is 5.75 Å². The Kier molecular flexibility index (Phi) is 12.8. The molecule has 0 bridgehead atoms. The summed E-state index contributed by atoms with van der Waals surface area (Å²) in [6, 6.07) is 0.634. The van der Waals surface area contributed by atoms with Crippen LogP contribution in [-0.4, -0.2) is 52.5 Å². The minimum absolute atomic E-state index is 0.317. The SMILES string of the molecule is CCCCN(CCCC)CCCC.O=[N+]([O-])c1cc(S(=O)(=O)O)cc([N+](=O)[O-])c1O. The zero-order valence-corrected chi connectivity index (χ0v) is 18.4. The molecule has 0 saturated heterocycles. The van der Waals surface area contributed by atoms with Gasteiger partial charge in [-0.3, -0.25) is 24.8 Å². The number of rotatable bonds is 12. The van der Waals surface area contributed by atoms with Crippen LogP contribution in [0, 0.1) is 20.2 Å². The Bertz CT molecular complexity index is 745. The van der Waals surface area contributed by atoms with Gasteiger partial charge in [-0.2, -0.15) is 8.42 Å². The fourth-order valence-corrected chi connectivity index (χ4v) is 3.01. The number of nitro groups is 2. The molecule has 1 rings (SSSR count). The maximum atomic E-state index is 10.7. The van der Waals surface area contributed by atoms with E-state index in [-0.39, 0.29) is 0 Å². The topological polar surface area (TPSA) is 164 Å². The number of phenols is 1. The molecule has 1 aromatic carbocycles. The molecule has 30 heavy (non-hydrogen) atoms. The van der Waals surface area contributed by atoms with Gasteiger partial charge in [-0.25, -0.2) is 0 Å². The second kappa shape index (κ2) is 13.8. The predicted octanol–water partition coefficient (Wildman–Crippen LogP) is 4.14. The third-order valence-electron chi connectivity index (χ3n) is 4.22. The Morgan fingerprint density at radius 3 is 1.43 bits per heavy atom. The standard InChI is InChI=1S/C12H27N.C6H4N2O8S/c1-4-7-10-13(11-8-5-2)12-9-6-3;9-6-4(7(10)11)1-3(17(14,15)16)2-5(6)8(12)13/h4-12H2,1-3H3;1-2,9H,(H,14,15,16). The van der Waals surface area contributed by atoms with Crippen molar-refractivity contribution in [2.24, 2.45) is 0 Å². The molecule has 11 nitrogen and oxygen atoms in total. The van der Waals surface area contributed by atoms with E-state index in [1.807, 2.05) is 0 Å². The van der Waals surface area contributed by atoms with Crippen molar-refractivity contribution in [1.29, 1.82) is 0 Å². The van der Waals surface area contributed by atoms with Crippen LogP contribution < -0.4 is 0 Å². The summed E-state index contributed by atoms with van der Waals surface area (Å²) in [6.07, 6.45) is 8.09. The molecule has 0 spiro atoms. The Morgan fingerprint density at radius 1 is 0.867 bits per heavy atom. The largest absolute Gasteiger partial charge is 0.497 e. The van der Waals surface area contributed by atoms with E-state index in [4.69, 9.17) is 9.66 Å². The van der Waals surface area contributed by atoms with Gasteiger partial charge in [0.15, 0.2) is 0 Å². The van der Waals surface area contributed by atoms with Crippen molar-refractivity contribution in [1.82, 2.24) is 4.90 Å². The lowest BCUT2D eigenvalue weighted by molar-refractivity contribution is -0.396. The molecule has 0 radical (unpaired) electrons. The van der Waals surface area contributed by atoms with Crippen molar-refractivity contribution in [3.8, 4) is 5.75 Å². The van der Waals surface area contributed by atoms with Crippen LogP contribution in [0.15, 0.2) is 17.0 Å². The maximum absolute atomic E-state index is 10.7. The van der Waals surface area contributed by atoms with Crippen LogP contribution in [-0.2, 0) is 10.1 Å². The smallest absolute Gasteiger partial charge is 0.319 e. The van der Waals surface area contributed by atoms with Crippen LogP contribution in [0.25, 0.3) is 0 Å². The molecule has 0 fully saturated rings. The number of aromatic hydroxyl groups is 1. The molecule has 0 atom stereocenters. The minimum Gasteiger partial charge on any atom is -0.497 e. The third kappa shape index (κ3) is 9.94. The molecule has 0 heterocycles. The van der Waals surface area contributed by atoms with E-state index in [0.29, 0.717) is 12.1 Å². The molecule has 2 N–H and O–H groups in total. The zero-order valence-electron chi connectivity index (χ0n) is 17.6. The van der Waals surface area contributed by atoms with Gasteiger partial charge >= 0.3 is 11.4 Å². The van der Waals surface area contributed by atoms with E-state index in [2.05, 4.69) is 25.7 Å². The monoisotopic (exact) mass is 449 g/mol. The van der Waals surface area contributed by atoms with Crippen LogP contribution in [0.4, 0.5) is 11.4 Å². The van der Waals surface area contributed by atoms with Gasteiger partial charge in [0.2, 0.25) is 0 Å². The summed E-state index contributed by atoms with van der Waals surface area (Å²) in [5.41, 5.74) is -2.38. The minimum atomic E-state index is -4.85. The summed E-state index contributed by atoms with van der Waals surface area (Å²) < 4.78 is 30.1. The Hall–Kier alpha value is -2.31. The maximum Gasteiger partial charge on any atom is 0.319 e. The molecule has 1 aromatic rings. The molecule has 12 heteroatoms. The number of nitrogens with zero attached hydrogens (tertiary/aromatic N) is 3. The number of hydrogen-bond acceptors (Lipinski definition) is 8. The molecule has 172 valence electrons. The summed E-state index contributed by atoms with van der Waals surface area (Å²) in [5.74, 6) is -1.28. The van der Waals surface area contributed by atoms with Crippen molar-refractivity contribution < 1.29 is 27.9 Å². The van der Waals surface area contributed by atoms with Crippen LogP contribution in [0.2, 0.25) is 0 Å². The first-order valence-electron chi connectivity index (χ1n) is 9.85. The summed E-state index contributed by atoms with van der Waals surface area (Å²) >= 11 is 0. The van der Waals surface area contributed by atoms with E-state index in [9.17, 15) is 28.6 Å². The van der Waals surface area contributed by atoms with Crippen molar-refractivity contribution in [3.05, 3.63) is 32.4 Å². The molecule has 0 aliphatic rings. The van der Waals surface area contributed by atoms with Crippen molar-refractivity contribution in [3.63, 3.8) is 0 Å². The Labute approximate surface area is 176 Å². The quantitative estimate of drug-likeness (QED) is 0.271. The number of nitro benzene ring substituents is 2. The van der Waals surface area contributed by atoms with Gasteiger partial charge in [0, 0.05) is 12.1 Å². The molecular formula is C18H31N3O8S. The highest BCUT2D eigenvalue weighted by Gasteiger charge is 2.29. The lowest BCUT2D eigenvalue weighted by Crippen LogP contribution is -2.27. The number of hydrogen-bond donors (Lipinski definition) is 2. The molecule has 0 aliphatic carbocycles. The lowest BCUT2D eigenvalue weighted by Gasteiger charge is -2.21. The number of unbranched alkanes of at least 4 members (excludes halogenated alkanes) is 3. The second-order valence-electron chi connectivity index (χ2n) is 6.70. The molecule has 0 unspecified atom stereocenters. The molecule has 0 aliphatic heterocycles. The number of phenolic OH excluding ortho intramolecular Hbond substituents is 1. The molecular weight excluding hydrogens is 418 g/mol. The van der Waals surface area contributed by atoms with Crippen LogP contribution in [0.1, 0.15) is 59.3 Å². The first-order valence-corrected chi connectivity index (χ1v) is 11.3. The summed E-state index contributed by atoms with van der Waals surface area (Å²) in [4.78, 5) is 20.0. The van der Waals surface area contributed by atoms with Gasteiger partial charge in [0.05, 0.1) is 9.85 Å². The van der Waals surface area contributed by atoms with E-state index in [1.54, 1.807) is 0 Å². The van der Waals surface area contributed by atoms with Crippen LogP contribution in [0.3, 0.4) is 0 Å². The van der Waals surface area contributed by atoms with E-state index < -0.39 is 42.0 Å². The fourth-order valence-electron chi connectivity index (χ4n) is 2.49. The van der Waals surface area contributed by atoms with Gasteiger partial charge in [0.25, 0.3) is 15.9 Å². The normalized spacial score (nSPS) is 11.1. The number of benzene rings is 1. The highest BCUT2D eigenvalue weighted by molar-refractivity contribution is 7.85.